The Morgan fingerprint density at radius 2 is 1.95 bits per heavy atom. The molecular weight excluding hydrogens is 526 g/mol. The number of nitrogens with zero attached hydrogens (tertiary/aromatic N) is 2. The van der Waals surface area contributed by atoms with Gasteiger partial charge in [0.05, 0.1) is 24.6 Å². The van der Waals surface area contributed by atoms with Gasteiger partial charge >= 0.3 is 12.0 Å². The first-order valence-electron chi connectivity index (χ1n) is 12.1. The number of pyridine rings is 1. The molecule has 0 fully saturated rings. The molecule has 0 unspecified atom stereocenters. The highest BCUT2D eigenvalue weighted by Gasteiger charge is 2.25. The average Bonchev–Trinajstić information content (AvgIpc) is 2.87. The van der Waals surface area contributed by atoms with E-state index in [4.69, 9.17) is 9.84 Å². The number of ether oxygens (including phenoxy) is 1. The van der Waals surface area contributed by atoms with Gasteiger partial charge in [0.25, 0.3) is 0 Å². The van der Waals surface area contributed by atoms with Gasteiger partial charge in [-0.25, -0.2) is 17.9 Å². The number of aromatic nitrogens is 1. The summed E-state index contributed by atoms with van der Waals surface area (Å²) in [5, 5.41) is 15.2. The van der Waals surface area contributed by atoms with Crippen molar-refractivity contribution < 1.29 is 32.6 Å². The van der Waals surface area contributed by atoms with Crippen molar-refractivity contribution >= 4 is 44.9 Å². The Morgan fingerprint density at radius 3 is 2.67 bits per heavy atom. The SMILES string of the molecule is CN(C)CCNC(=O)Nc1ccc(S(=O)(=O)N[C@@H](C=O)CC(=O)O)c(OCCc2cccc3ncccc23)c1. The van der Waals surface area contributed by atoms with Crippen LogP contribution in [0.5, 0.6) is 5.75 Å². The summed E-state index contributed by atoms with van der Waals surface area (Å²) in [6.45, 7) is 1.11. The molecule has 0 aliphatic heterocycles. The van der Waals surface area contributed by atoms with Crippen molar-refractivity contribution in [3.8, 4) is 5.75 Å². The van der Waals surface area contributed by atoms with E-state index in [1.54, 1.807) is 6.20 Å². The number of likely N-dealkylation sites (N-methyl/N-ethyl adjacent to an activating group) is 1. The molecule has 13 heteroatoms. The molecule has 0 spiro atoms. The zero-order valence-corrected chi connectivity index (χ0v) is 22.4. The van der Waals surface area contributed by atoms with Gasteiger partial charge in [0.1, 0.15) is 16.9 Å². The largest absolute Gasteiger partial charge is 0.492 e. The standard InChI is InChI=1S/C26H31N5O7S/c1-31(2)13-12-28-26(35)29-19-8-9-24(39(36,37)30-20(17-32)16-25(33)34)23(15-19)38-14-10-18-5-3-7-22-21(18)6-4-11-27-22/h3-9,11,15,17,20,30H,10,12-14,16H2,1-2H3,(H,33,34)(H2,28,29,35)/t20-/m1/s1. The number of fused-ring (bicyclic) bond motifs is 1. The lowest BCUT2D eigenvalue weighted by Crippen LogP contribution is -2.37. The summed E-state index contributed by atoms with van der Waals surface area (Å²) in [4.78, 5) is 40.5. The zero-order chi connectivity index (χ0) is 28.4. The first kappa shape index (κ1) is 29.5. The quantitative estimate of drug-likeness (QED) is 0.216. The molecule has 2 aromatic carbocycles. The van der Waals surface area contributed by atoms with E-state index in [0.717, 1.165) is 16.5 Å². The van der Waals surface area contributed by atoms with Crippen LogP contribution < -0.4 is 20.1 Å². The first-order valence-corrected chi connectivity index (χ1v) is 13.6. The topological polar surface area (TPSA) is 167 Å². The van der Waals surface area contributed by atoms with Gasteiger partial charge in [-0.15, -0.1) is 0 Å². The lowest BCUT2D eigenvalue weighted by molar-refractivity contribution is -0.138. The van der Waals surface area contributed by atoms with Gasteiger partial charge in [-0.3, -0.25) is 9.78 Å². The van der Waals surface area contributed by atoms with Crippen molar-refractivity contribution in [1.29, 1.82) is 0 Å². The fourth-order valence-electron chi connectivity index (χ4n) is 3.71. The number of carbonyl (C=O) groups is 3. The maximum Gasteiger partial charge on any atom is 0.319 e. The van der Waals surface area contributed by atoms with Crippen molar-refractivity contribution in [3.63, 3.8) is 0 Å². The van der Waals surface area contributed by atoms with E-state index >= 15 is 0 Å². The summed E-state index contributed by atoms with van der Waals surface area (Å²) in [6, 6.07) is 11.4. The Morgan fingerprint density at radius 1 is 1.15 bits per heavy atom. The number of sulfonamides is 1. The Hall–Kier alpha value is -4.07. The lowest BCUT2D eigenvalue weighted by Gasteiger charge is -2.17. The summed E-state index contributed by atoms with van der Waals surface area (Å²) in [5.41, 5.74) is 2.03. The second-order valence-electron chi connectivity index (χ2n) is 8.89. The highest BCUT2D eigenvalue weighted by molar-refractivity contribution is 7.89. The minimum absolute atomic E-state index is 0.0769. The Balaban J connectivity index is 1.83. The molecule has 39 heavy (non-hydrogen) atoms. The summed E-state index contributed by atoms with van der Waals surface area (Å²) in [6.07, 6.45) is 1.61. The fraction of sp³-hybridized carbons (Fsp3) is 0.308. The molecule has 0 saturated heterocycles. The molecule has 0 saturated carbocycles. The number of hydrogen-bond donors (Lipinski definition) is 4. The predicted octanol–water partition coefficient (Wildman–Crippen LogP) is 1.86. The number of hydrogen-bond acceptors (Lipinski definition) is 8. The number of anilines is 1. The van der Waals surface area contributed by atoms with Crippen LogP contribution in [0.4, 0.5) is 10.5 Å². The highest BCUT2D eigenvalue weighted by atomic mass is 32.2. The van der Waals surface area contributed by atoms with E-state index < -0.39 is 34.5 Å². The molecule has 3 rings (SSSR count). The summed E-state index contributed by atoms with van der Waals surface area (Å²) in [7, 11) is -0.616. The maximum atomic E-state index is 13.1. The van der Waals surface area contributed by atoms with Crippen LogP contribution in [0.3, 0.4) is 0 Å². The molecule has 4 N–H and O–H groups in total. The summed E-state index contributed by atoms with van der Waals surface area (Å²) < 4.78 is 34.2. The predicted molar refractivity (Wildman–Crippen MR) is 145 cm³/mol. The van der Waals surface area contributed by atoms with E-state index in [0.29, 0.717) is 19.5 Å². The van der Waals surface area contributed by atoms with Crippen LogP contribution in [0.2, 0.25) is 0 Å². The lowest BCUT2D eigenvalue weighted by atomic mass is 10.1. The second kappa shape index (κ2) is 13.6. The number of aldehydes is 1. The van der Waals surface area contributed by atoms with Crippen molar-refractivity contribution in [2.45, 2.75) is 23.8 Å². The van der Waals surface area contributed by atoms with Gasteiger partial charge in [-0.2, -0.15) is 0 Å². The number of carboxylic acid groups (broad SMARTS) is 1. The van der Waals surface area contributed by atoms with Crippen molar-refractivity contribution in [2.75, 3.05) is 39.1 Å². The Labute approximate surface area is 226 Å². The third kappa shape index (κ3) is 8.74. The number of urea groups is 1. The van der Waals surface area contributed by atoms with E-state index in [2.05, 4.69) is 20.3 Å². The van der Waals surface area contributed by atoms with Gasteiger partial charge in [-0.05, 0) is 43.9 Å². The molecule has 208 valence electrons. The Bertz CT molecular complexity index is 1420. The van der Waals surface area contributed by atoms with Crippen molar-refractivity contribution in [1.82, 2.24) is 19.9 Å². The zero-order valence-electron chi connectivity index (χ0n) is 21.6. The Kier molecular flexibility index (Phi) is 10.3. The van der Waals surface area contributed by atoms with E-state index in [-0.39, 0.29) is 29.2 Å². The number of amides is 2. The molecule has 1 heterocycles. The van der Waals surface area contributed by atoms with Gasteiger partial charge in [0, 0.05) is 42.8 Å². The highest BCUT2D eigenvalue weighted by Crippen LogP contribution is 2.28. The third-order valence-corrected chi connectivity index (χ3v) is 7.10. The van der Waals surface area contributed by atoms with Crippen LogP contribution in [-0.4, -0.2) is 81.5 Å². The van der Waals surface area contributed by atoms with Crippen LogP contribution in [0.25, 0.3) is 10.9 Å². The summed E-state index contributed by atoms with van der Waals surface area (Å²) in [5.74, 6) is -1.41. The molecule has 0 bridgehead atoms. The minimum atomic E-state index is -4.36. The minimum Gasteiger partial charge on any atom is -0.492 e. The van der Waals surface area contributed by atoms with E-state index in [1.807, 2.05) is 49.3 Å². The maximum absolute atomic E-state index is 13.1. The molecule has 1 atom stereocenters. The van der Waals surface area contributed by atoms with E-state index in [1.165, 1.54) is 18.2 Å². The molecule has 3 aromatic rings. The smallest absolute Gasteiger partial charge is 0.319 e. The van der Waals surface area contributed by atoms with Crippen LogP contribution in [0.1, 0.15) is 12.0 Å². The number of carboxylic acids is 1. The first-order chi connectivity index (χ1) is 18.6. The molecule has 0 radical (unpaired) electrons. The van der Waals surface area contributed by atoms with Crippen LogP contribution in [0, 0.1) is 0 Å². The number of nitrogens with one attached hydrogen (secondary N) is 3. The second-order valence-corrected chi connectivity index (χ2v) is 10.6. The molecule has 0 aliphatic rings. The van der Waals surface area contributed by atoms with Gasteiger partial charge in [0.2, 0.25) is 10.0 Å². The van der Waals surface area contributed by atoms with Crippen LogP contribution in [-0.2, 0) is 26.0 Å². The van der Waals surface area contributed by atoms with E-state index in [9.17, 15) is 22.8 Å². The van der Waals surface area contributed by atoms with Gasteiger partial charge in [-0.1, -0.05) is 18.2 Å². The molecule has 1 aromatic heterocycles. The average molecular weight is 558 g/mol. The number of rotatable bonds is 14. The fourth-order valence-corrected chi connectivity index (χ4v) is 5.01. The van der Waals surface area contributed by atoms with Gasteiger partial charge in [0.15, 0.2) is 0 Å². The monoisotopic (exact) mass is 557 g/mol. The van der Waals surface area contributed by atoms with Crippen molar-refractivity contribution in [3.05, 3.63) is 60.3 Å². The molecule has 0 aliphatic carbocycles. The van der Waals surface area contributed by atoms with Crippen LogP contribution in [0.15, 0.2) is 59.6 Å². The normalized spacial score (nSPS) is 12.2. The molecule has 2 amide bonds. The van der Waals surface area contributed by atoms with Crippen molar-refractivity contribution in [2.24, 2.45) is 0 Å². The third-order valence-electron chi connectivity index (χ3n) is 5.57. The number of benzene rings is 2. The molecule has 12 nitrogen and oxygen atoms in total. The van der Waals surface area contributed by atoms with Gasteiger partial charge < -0.3 is 30.2 Å². The summed E-state index contributed by atoms with van der Waals surface area (Å²) >= 11 is 0. The number of carbonyl (C=O) groups excluding carboxylic acids is 2. The van der Waals surface area contributed by atoms with Crippen LogP contribution >= 0.6 is 0 Å². The molecular formula is C26H31N5O7S. The number of aliphatic carboxylic acids is 1.